The molecule has 5 nitrogen and oxygen atoms in total. The molecule has 0 N–H and O–H groups in total. The number of carbonyl (C=O) groups excluding carboxylic acids is 1. The second-order valence-electron chi connectivity index (χ2n) is 3.49. The third kappa shape index (κ3) is 2.23. The minimum absolute atomic E-state index is 0.0339. The van der Waals surface area contributed by atoms with Crippen LogP contribution in [0.1, 0.15) is 6.92 Å². The summed E-state index contributed by atoms with van der Waals surface area (Å²) in [4.78, 5) is 13.0. The highest BCUT2D eigenvalue weighted by Crippen LogP contribution is 2.34. The van der Waals surface area contributed by atoms with Crippen molar-refractivity contribution in [2.24, 2.45) is 0 Å². The number of benzene rings is 1. The van der Waals surface area contributed by atoms with Gasteiger partial charge in [-0.15, -0.1) is 0 Å². The predicted octanol–water partition coefficient (Wildman–Crippen LogP) is 1.36. The molecule has 0 radical (unpaired) electrons. The molecule has 7 heteroatoms. The fourth-order valence-electron chi connectivity index (χ4n) is 1.68. The molecule has 0 bridgehead atoms. The lowest BCUT2D eigenvalue weighted by Crippen LogP contribution is -2.38. The highest BCUT2D eigenvalue weighted by molar-refractivity contribution is 8.13. The molecule has 0 saturated carbocycles. The number of fused-ring (bicyclic) bond motifs is 1. The Morgan fingerprint density at radius 3 is 2.76 bits per heavy atom. The van der Waals surface area contributed by atoms with E-state index in [-0.39, 0.29) is 17.4 Å². The molecule has 92 valence electrons. The highest BCUT2D eigenvalue weighted by Gasteiger charge is 2.25. The first-order valence-corrected chi connectivity index (χ1v) is 7.26. The second kappa shape index (κ2) is 4.19. The Morgan fingerprint density at radius 1 is 1.47 bits per heavy atom. The summed E-state index contributed by atoms with van der Waals surface area (Å²) in [6, 6.07) is 4.20. The number of hydrogen-bond acceptors (Lipinski definition) is 4. The Bertz CT molecular complexity index is 570. The molecule has 1 aliphatic rings. The largest absolute Gasteiger partial charge is 0.482 e. The number of nitrogens with zero attached hydrogens (tertiary/aromatic N) is 1. The van der Waals surface area contributed by atoms with Gasteiger partial charge in [0.05, 0.1) is 10.6 Å². The summed E-state index contributed by atoms with van der Waals surface area (Å²) in [6.07, 6.45) is 0. The molecular formula is C10H10ClNO4S. The molecule has 1 aromatic carbocycles. The van der Waals surface area contributed by atoms with Crippen molar-refractivity contribution in [2.45, 2.75) is 11.8 Å². The molecule has 0 atom stereocenters. The van der Waals surface area contributed by atoms with Crippen molar-refractivity contribution >= 4 is 31.3 Å². The average Bonchev–Trinajstić information content (AvgIpc) is 2.27. The van der Waals surface area contributed by atoms with Crippen LogP contribution in [0, 0.1) is 0 Å². The van der Waals surface area contributed by atoms with Crippen molar-refractivity contribution in [3.05, 3.63) is 18.2 Å². The molecule has 0 unspecified atom stereocenters. The smallest absolute Gasteiger partial charge is 0.265 e. The summed E-state index contributed by atoms with van der Waals surface area (Å²) in [6.45, 7) is 2.21. The van der Waals surface area contributed by atoms with Gasteiger partial charge in [0.2, 0.25) is 0 Å². The second-order valence-corrected chi connectivity index (χ2v) is 6.06. The van der Waals surface area contributed by atoms with Crippen LogP contribution >= 0.6 is 10.7 Å². The molecule has 0 spiro atoms. The fourth-order valence-corrected chi connectivity index (χ4v) is 2.45. The van der Waals surface area contributed by atoms with Gasteiger partial charge in [0.25, 0.3) is 15.0 Å². The molecule has 1 heterocycles. The minimum atomic E-state index is -3.81. The first-order chi connectivity index (χ1) is 7.93. The quantitative estimate of drug-likeness (QED) is 0.765. The number of hydrogen-bond donors (Lipinski definition) is 0. The van der Waals surface area contributed by atoms with Gasteiger partial charge >= 0.3 is 0 Å². The zero-order chi connectivity index (χ0) is 12.6. The summed E-state index contributed by atoms with van der Waals surface area (Å²) < 4.78 is 27.6. The molecule has 1 aromatic rings. The van der Waals surface area contributed by atoms with Gasteiger partial charge in [-0.2, -0.15) is 0 Å². The van der Waals surface area contributed by atoms with Gasteiger partial charge in [-0.25, -0.2) is 8.42 Å². The molecule has 0 aliphatic carbocycles. The van der Waals surface area contributed by atoms with Crippen molar-refractivity contribution < 1.29 is 17.9 Å². The van der Waals surface area contributed by atoms with E-state index in [2.05, 4.69) is 0 Å². The van der Waals surface area contributed by atoms with Gasteiger partial charge in [-0.3, -0.25) is 4.79 Å². The van der Waals surface area contributed by atoms with Gasteiger partial charge in [-0.05, 0) is 25.1 Å². The van der Waals surface area contributed by atoms with Crippen molar-refractivity contribution in [1.82, 2.24) is 0 Å². The van der Waals surface area contributed by atoms with Crippen molar-refractivity contribution in [3.63, 3.8) is 0 Å². The monoisotopic (exact) mass is 275 g/mol. The number of amides is 1. The summed E-state index contributed by atoms with van der Waals surface area (Å²) in [5.74, 6) is 0.277. The van der Waals surface area contributed by atoms with Crippen LogP contribution in [-0.4, -0.2) is 27.5 Å². The zero-order valence-corrected chi connectivity index (χ0v) is 10.6. The van der Waals surface area contributed by atoms with E-state index < -0.39 is 9.05 Å². The third-order valence-electron chi connectivity index (χ3n) is 2.47. The fraction of sp³-hybridized carbons (Fsp3) is 0.300. The lowest BCUT2D eigenvalue weighted by atomic mass is 10.2. The van der Waals surface area contributed by atoms with Gasteiger partial charge in [0, 0.05) is 17.2 Å². The first kappa shape index (κ1) is 12.2. The third-order valence-corrected chi connectivity index (χ3v) is 3.82. The van der Waals surface area contributed by atoms with Crippen LogP contribution in [0.5, 0.6) is 5.75 Å². The Balaban J connectivity index is 2.57. The van der Waals surface area contributed by atoms with E-state index in [0.717, 1.165) is 0 Å². The summed E-state index contributed by atoms with van der Waals surface area (Å²) in [5.41, 5.74) is 0.436. The van der Waals surface area contributed by atoms with Crippen LogP contribution in [0.4, 0.5) is 5.69 Å². The van der Waals surface area contributed by atoms with Crippen molar-refractivity contribution in [2.75, 3.05) is 18.1 Å². The van der Waals surface area contributed by atoms with E-state index in [4.69, 9.17) is 15.4 Å². The van der Waals surface area contributed by atoms with E-state index in [1.165, 1.54) is 23.1 Å². The van der Waals surface area contributed by atoms with Crippen LogP contribution in [0.2, 0.25) is 0 Å². The highest BCUT2D eigenvalue weighted by atomic mass is 35.7. The topological polar surface area (TPSA) is 63.7 Å². The van der Waals surface area contributed by atoms with E-state index >= 15 is 0 Å². The average molecular weight is 276 g/mol. The minimum Gasteiger partial charge on any atom is -0.482 e. The Kier molecular flexibility index (Phi) is 3.01. The SMILES string of the molecule is CCN1C(=O)COc2ccc(S(=O)(=O)Cl)cc21. The lowest BCUT2D eigenvalue weighted by molar-refractivity contribution is -0.121. The Morgan fingerprint density at radius 2 is 2.18 bits per heavy atom. The summed E-state index contributed by atoms with van der Waals surface area (Å²) in [5, 5.41) is 0. The maximum Gasteiger partial charge on any atom is 0.265 e. The predicted molar refractivity (Wildman–Crippen MR) is 63.0 cm³/mol. The Hall–Kier alpha value is -1.27. The van der Waals surface area contributed by atoms with Crippen LogP contribution in [0.3, 0.4) is 0 Å². The van der Waals surface area contributed by atoms with Crippen LogP contribution in [-0.2, 0) is 13.8 Å². The normalized spacial score (nSPS) is 15.4. The van der Waals surface area contributed by atoms with Gasteiger partial charge in [-0.1, -0.05) is 0 Å². The number of likely N-dealkylation sites (N-methyl/N-ethyl adjacent to an activating group) is 1. The number of halogens is 1. The molecule has 0 saturated heterocycles. The molecule has 0 aromatic heterocycles. The van der Waals surface area contributed by atoms with Crippen molar-refractivity contribution in [1.29, 1.82) is 0 Å². The number of carbonyl (C=O) groups is 1. The Labute approximate surface area is 103 Å². The van der Waals surface area contributed by atoms with E-state index in [0.29, 0.717) is 18.0 Å². The molecule has 1 amide bonds. The maximum atomic E-state index is 11.6. The van der Waals surface area contributed by atoms with Crippen LogP contribution in [0.15, 0.2) is 23.1 Å². The molecule has 0 fully saturated rings. The molecule has 1 aliphatic heterocycles. The van der Waals surface area contributed by atoms with E-state index in [9.17, 15) is 13.2 Å². The van der Waals surface area contributed by atoms with Crippen molar-refractivity contribution in [3.8, 4) is 5.75 Å². The molecule has 2 rings (SSSR count). The summed E-state index contributed by atoms with van der Waals surface area (Å²) >= 11 is 0. The maximum absolute atomic E-state index is 11.6. The van der Waals surface area contributed by atoms with Gasteiger partial charge in [0.1, 0.15) is 5.75 Å². The van der Waals surface area contributed by atoms with Crippen LogP contribution in [0.25, 0.3) is 0 Å². The lowest BCUT2D eigenvalue weighted by Gasteiger charge is -2.28. The van der Waals surface area contributed by atoms with E-state index in [1.807, 2.05) is 0 Å². The first-order valence-electron chi connectivity index (χ1n) is 4.95. The van der Waals surface area contributed by atoms with Gasteiger partial charge in [0.15, 0.2) is 6.61 Å². The zero-order valence-electron chi connectivity index (χ0n) is 9.01. The number of ether oxygens (including phenoxy) is 1. The van der Waals surface area contributed by atoms with E-state index in [1.54, 1.807) is 6.92 Å². The van der Waals surface area contributed by atoms with Gasteiger partial charge < -0.3 is 9.64 Å². The standard InChI is InChI=1S/C10H10ClNO4S/c1-2-12-8-5-7(17(11,14)15)3-4-9(8)16-6-10(12)13/h3-5H,2,6H2,1H3. The molecule has 17 heavy (non-hydrogen) atoms. The number of anilines is 1. The van der Waals surface area contributed by atoms with Crippen LogP contribution < -0.4 is 9.64 Å². The summed E-state index contributed by atoms with van der Waals surface area (Å²) in [7, 11) is 1.45. The number of rotatable bonds is 2. The molecular weight excluding hydrogens is 266 g/mol.